The van der Waals surface area contributed by atoms with Gasteiger partial charge in [-0.05, 0) is 29.3 Å². The lowest BCUT2D eigenvalue weighted by atomic mass is 10.1. The Morgan fingerprint density at radius 2 is 2.14 bits per heavy atom. The highest BCUT2D eigenvalue weighted by Crippen LogP contribution is 2.32. The third kappa shape index (κ3) is 2.99. The molecule has 0 spiro atoms. The van der Waals surface area contributed by atoms with Crippen molar-refractivity contribution in [1.82, 2.24) is 9.97 Å². The maximum Gasteiger partial charge on any atom is 0.240 e. The van der Waals surface area contributed by atoms with Crippen molar-refractivity contribution in [3.63, 3.8) is 0 Å². The summed E-state index contributed by atoms with van der Waals surface area (Å²) in [6, 6.07) is 6.54. The molecule has 5 nitrogen and oxygen atoms in total. The van der Waals surface area contributed by atoms with Crippen LogP contribution in [0.2, 0.25) is 0 Å². The molecule has 0 saturated carbocycles. The quantitative estimate of drug-likeness (QED) is 0.473. The number of hydrogen-bond acceptors (Lipinski definition) is 7. The predicted octanol–water partition coefficient (Wildman–Crippen LogP) is 3.99. The Morgan fingerprint density at radius 1 is 1.24 bits per heavy atom. The zero-order chi connectivity index (χ0) is 14.7. The molecule has 3 heterocycles. The largest absolute Gasteiger partial charge is 0.362 e. The van der Waals surface area contributed by atoms with E-state index >= 15 is 0 Å². The summed E-state index contributed by atoms with van der Waals surface area (Å²) in [5, 5.41) is 8.72. The molecule has 0 amide bonds. The Labute approximate surface area is 131 Å². The summed E-state index contributed by atoms with van der Waals surface area (Å²) in [4.78, 5) is 11.1. The van der Waals surface area contributed by atoms with Gasteiger partial charge >= 0.3 is 0 Å². The van der Waals surface area contributed by atoms with Crippen LogP contribution in [-0.4, -0.2) is 9.97 Å². The first-order chi connectivity index (χ1) is 10.3. The minimum Gasteiger partial charge on any atom is -0.362 e. The summed E-state index contributed by atoms with van der Waals surface area (Å²) in [6.45, 7) is 2.19. The standard InChI is InChI=1S/C14H17N5S2/c1-2-4-10(11-5-3-7-20-11)16-12-9-6-8-21-13(9)18-14(17-12)19-15/h3,5-8,10H,2,4,15H2,1H3,(H2,16,17,18,19). The Morgan fingerprint density at radius 3 is 2.86 bits per heavy atom. The van der Waals surface area contributed by atoms with E-state index in [0.29, 0.717) is 5.95 Å². The maximum atomic E-state index is 5.47. The van der Waals surface area contributed by atoms with Gasteiger partial charge in [-0.3, -0.25) is 5.43 Å². The van der Waals surface area contributed by atoms with Crippen LogP contribution in [0.4, 0.5) is 11.8 Å². The van der Waals surface area contributed by atoms with Crippen LogP contribution in [0.25, 0.3) is 10.2 Å². The minimum atomic E-state index is 0.263. The van der Waals surface area contributed by atoms with Crippen LogP contribution in [0.5, 0.6) is 0 Å². The van der Waals surface area contributed by atoms with Crippen molar-refractivity contribution >= 4 is 44.7 Å². The zero-order valence-corrected chi connectivity index (χ0v) is 13.3. The monoisotopic (exact) mass is 319 g/mol. The van der Waals surface area contributed by atoms with Gasteiger partial charge in [-0.25, -0.2) is 10.8 Å². The van der Waals surface area contributed by atoms with Gasteiger partial charge in [-0.1, -0.05) is 19.4 Å². The molecule has 110 valence electrons. The van der Waals surface area contributed by atoms with Gasteiger partial charge in [0.1, 0.15) is 10.6 Å². The fourth-order valence-electron chi connectivity index (χ4n) is 2.26. The van der Waals surface area contributed by atoms with Crippen molar-refractivity contribution in [3.8, 4) is 0 Å². The molecule has 1 atom stereocenters. The van der Waals surface area contributed by atoms with Gasteiger partial charge < -0.3 is 5.32 Å². The third-order valence-electron chi connectivity index (χ3n) is 3.23. The third-order valence-corrected chi connectivity index (χ3v) is 5.02. The summed E-state index contributed by atoms with van der Waals surface area (Å²) in [6.07, 6.45) is 2.16. The van der Waals surface area contributed by atoms with E-state index in [9.17, 15) is 0 Å². The Bertz CT molecular complexity index is 707. The number of anilines is 2. The number of aromatic nitrogens is 2. The summed E-state index contributed by atoms with van der Waals surface area (Å²) in [5.74, 6) is 6.74. The number of hydrogen-bond donors (Lipinski definition) is 3. The van der Waals surface area contributed by atoms with E-state index in [1.165, 1.54) is 4.88 Å². The topological polar surface area (TPSA) is 75.9 Å². The molecule has 0 aliphatic carbocycles. The van der Waals surface area contributed by atoms with Gasteiger partial charge in [0.25, 0.3) is 0 Å². The van der Waals surface area contributed by atoms with Crippen molar-refractivity contribution in [3.05, 3.63) is 33.8 Å². The van der Waals surface area contributed by atoms with E-state index in [1.54, 1.807) is 22.7 Å². The van der Waals surface area contributed by atoms with Gasteiger partial charge in [-0.2, -0.15) is 4.98 Å². The van der Waals surface area contributed by atoms with E-state index in [0.717, 1.165) is 28.9 Å². The molecular weight excluding hydrogens is 302 g/mol. The lowest BCUT2D eigenvalue weighted by molar-refractivity contribution is 0.685. The van der Waals surface area contributed by atoms with Crippen molar-refractivity contribution < 1.29 is 0 Å². The van der Waals surface area contributed by atoms with Crippen LogP contribution in [-0.2, 0) is 0 Å². The van der Waals surface area contributed by atoms with E-state index in [2.05, 4.69) is 45.1 Å². The van der Waals surface area contributed by atoms with Crippen LogP contribution in [0.3, 0.4) is 0 Å². The normalized spacial score (nSPS) is 12.5. The van der Waals surface area contributed by atoms with Crippen LogP contribution < -0.4 is 16.6 Å². The van der Waals surface area contributed by atoms with Crippen molar-refractivity contribution in [2.24, 2.45) is 5.84 Å². The molecule has 0 aliphatic rings. The number of nitrogen functional groups attached to an aromatic ring is 1. The van der Waals surface area contributed by atoms with Crippen molar-refractivity contribution in [1.29, 1.82) is 0 Å². The predicted molar refractivity (Wildman–Crippen MR) is 90.8 cm³/mol. The molecular formula is C14H17N5S2. The first-order valence-corrected chi connectivity index (χ1v) is 8.59. The SMILES string of the molecule is CCCC(Nc1nc(NN)nc2sccc12)c1cccs1. The molecule has 0 radical (unpaired) electrons. The average molecular weight is 319 g/mol. The second kappa shape index (κ2) is 6.38. The average Bonchev–Trinajstić information content (AvgIpc) is 3.17. The van der Waals surface area contributed by atoms with Gasteiger partial charge in [0.05, 0.1) is 11.4 Å². The summed E-state index contributed by atoms with van der Waals surface area (Å²) in [5.41, 5.74) is 2.54. The number of nitrogens with zero attached hydrogens (tertiary/aromatic N) is 2. The highest BCUT2D eigenvalue weighted by molar-refractivity contribution is 7.16. The molecule has 1 unspecified atom stereocenters. The molecule has 0 aromatic carbocycles. The number of fused-ring (bicyclic) bond motifs is 1. The van der Waals surface area contributed by atoms with Gasteiger partial charge in [0, 0.05) is 4.88 Å². The molecule has 0 aliphatic heterocycles. The molecule has 3 rings (SSSR count). The molecule has 3 aromatic rings. The molecule has 21 heavy (non-hydrogen) atoms. The molecule has 0 saturated heterocycles. The van der Waals surface area contributed by atoms with Crippen molar-refractivity contribution in [2.75, 3.05) is 10.7 Å². The Kier molecular flexibility index (Phi) is 4.33. The number of thiophene rings is 2. The first-order valence-electron chi connectivity index (χ1n) is 6.83. The van der Waals surface area contributed by atoms with Crippen molar-refractivity contribution in [2.45, 2.75) is 25.8 Å². The molecule has 7 heteroatoms. The van der Waals surface area contributed by atoms with E-state index in [1.807, 2.05) is 11.4 Å². The summed E-state index contributed by atoms with van der Waals surface area (Å²) >= 11 is 3.35. The second-order valence-corrected chi connectivity index (χ2v) is 6.55. The van der Waals surface area contributed by atoms with Crippen LogP contribution in [0.1, 0.15) is 30.7 Å². The number of hydrazine groups is 1. The summed E-state index contributed by atoms with van der Waals surface area (Å²) in [7, 11) is 0. The van der Waals surface area contributed by atoms with Crippen LogP contribution in [0.15, 0.2) is 29.0 Å². The highest BCUT2D eigenvalue weighted by Gasteiger charge is 2.15. The zero-order valence-electron chi connectivity index (χ0n) is 11.7. The lowest BCUT2D eigenvalue weighted by Gasteiger charge is -2.18. The second-order valence-electron chi connectivity index (χ2n) is 4.68. The first kappa shape index (κ1) is 14.2. The molecule has 4 N–H and O–H groups in total. The molecule has 3 aromatic heterocycles. The van der Waals surface area contributed by atoms with E-state index in [-0.39, 0.29) is 6.04 Å². The highest BCUT2D eigenvalue weighted by atomic mass is 32.1. The Hall–Kier alpha value is -1.70. The van der Waals surface area contributed by atoms with Gasteiger partial charge in [0.2, 0.25) is 5.95 Å². The van der Waals surface area contributed by atoms with Gasteiger partial charge in [-0.15, -0.1) is 22.7 Å². The van der Waals surface area contributed by atoms with E-state index in [4.69, 9.17) is 5.84 Å². The lowest BCUT2D eigenvalue weighted by Crippen LogP contribution is -2.14. The van der Waals surface area contributed by atoms with Crippen LogP contribution in [0, 0.1) is 0 Å². The molecule has 0 bridgehead atoms. The van der Waals surface area contributed by atoms with E-state index < -0.39 is 0 Å². The minimum absolute atomic E-state index is 0.263. The fraction of sp³-hybridized carbons (Fsp3) is 0.286. The molecule has 0 fully saturated rings. The number of rotatable bonds is 6. The van der Waals surface area contributed by atoms with Crippen LogP contribution >= 0.6 is 22.7 Å². The maximum absolute atomic E-state index is 5.47. The smallest absolute Gasteiger partial charge is 0.240 e. The number of nitrogens with two attached hydrogens (primary N) is 1. The Balaban J connectivity index is 1.97. The fourth-order valence-corrected chi connectivity index (χ4v) is 3.84. The summed E-state index contributed by atoms with van der Waals surface area (Å²) < 4.78 is 0. The van der Waals surface area contributed by atoms with Gasteiger partial charge in [0.15, 0.2) is 0 Å². The number of nitrogens with one attached hydrogen (secondary N) is 2.